The summed E-state index contributed by atoms with van der Waals surface area (Å²) >= 11 is 0. The number of hydrogen-bond acceptors (Lipinski definition) is 2. The lowest BCUT2D eigenvalue weighted by atomic mass is 9.86. The van der Waals surface area contributed by atoms with E-state index < -0.39 is 0 Å². The topological polar surface area (TPSA) is 29.3 Å². The molecule has 0 fully saturated rings. The molecule has 0 aliphatic carbocycles. The average molecular weight is 246 g/mol. The molecule has 1 aromatic carbocycles. The van der Waals surface area contributed by atoms with E-state index in [1.54, 1.807) is 0 Å². The molecule has 2 heteroatoms. The molecule has 1 aliphatic rings. The van der Waals surface area contributed by atoms with Crippen LogP contribution >= 0.6 is 0 Å². The molecule has 0 saturated heterocycles. The molecule has 0 aromatic heterocycles. The van der Waals surface area contributed by atoms with Gasteiger partial charge in [-0.25, -0.2) is 0 Å². The maximum Gasteiger partial charge on any atom is 0.0399 e. The Hall–Kier alpha value is -1.02. The van der Waals surface area contributed by atoms with Crippen molar-refractivity contribution in [3.05, 3.63) is 29.3 Å². The smallest absolute Gasteiger partial charge is 0.0399 e. The van der Waals surface area contributed by atoms with Gasteiger partial charge < -0.3 is 10.6 Å². The Morgan fingerprint density at radius 1 is 1.39 bits per heavy atom. The minimum Gasteiger partial charge on any atom is -0.371 e. The third-order valence-electron chi connectivity index (χ3n) is 4.37. The Labute approximate surface area is 111 Å². The first kappa shape index (κ1) is 13.4. The van der Waals surface area contributed by atoms with Crippen LogP contribution in [-0.4, -0.2) is 19.6 Å². The van der Waals surface area contributed by atoms with E-state index in [0.29, 0.717) is 0 Å². The number of nitrogens with zero attached hydrogens (tertiary/aromatic N) is 1. The van der Waals surface area contributed by atoms with Gasteiger partial charge in [0.2, 0.25) is 0 Å². The van der Waals surface area contributed by atoms with E-state index in [0.717, 1.165) is 19.5 Å². The highest BCUT2D eigenvalue weighted by Gasteiger charge is 2.26. The van der Waals surface area contributed by atoms with Gasteiger partial charge in [0, 0.05) is 18.8 Å². The van der Waals surface area contributed by atoms with E-state index in [1.165, 1.54) is 36.2 Å². The molecule has 0 radical (unpaired) electrons. The predicted octanol–water partition coefficient (Wildman–Crippen LogP) is 3.12. The van der Waals surface area contributed by atoms with Crippen molar-refractivity contribution in [3.63, 3.8) is 0 Å². The first-order chi connectivity index (χ1) is 8.58. The zero-order valence-corrected chi connectivity index (χ0v) is 12.0. The standard InChI is InChI=1S/C16H26N2/c1-4-16(3,11-17)12-18-9-5-6-14-10-13(2)7-8-15(14)18/h7-8,10H,4-6,9,11-12,17H2,1-3H3. The van der Waals surface area contributed by atoms with Gasteiger partial charge in [0.05, 0.1) is 0 Å². The number of aryl methyl sites for hydroxylation is 2. The van der Waals surface area contributed by atoms with E-state index in [1.807, 2.05) is 0 Å². The molecule has 1 unspecified atom stereocenters. The molecule has 1 aromatic rings. The quantitative estimate of drug-likeness (QED) is 0.884. The van der Waals surface area contributed by atoms with Gasteiger partial charge >= 0.3 is 0 Å². The molecule has 1 aliphatic heterocycles. The third-order valence-corrected chi connectivity index (χ3v) is 4.37. The Balaban J connectivity index is 2.22. The summed E-state index contributed by atoms with van der Waals surface area (Å²) in [6.07, 6.45) is 3.63. The van der Waals surface area contributed by atoms with E-state index in [4.69, 9.17) is 5.73 Å². The Morgan fingerprint density at radius 2 is 2.17 bits per heavy atom. The van der Waals surface area contributed by atoms with Gasteiger partial charge in [-0.05, 0) is 49.8 Å². The van der Waals surface area contributed by atoms with Crippen molar-refractivity contribution >= 4 is 5.69 Å². The van der Waals surface area contributed by atoms with E-state index in [-0.39, 0.29) is 5.41 Å². The molecule has 2 rings (SSSR count). The zero-order valence-electron chi connectivity index (χ0n) is 12.0. The summed E-state index contributed by atoms with van der Waals surface area (Å²) in [5.41, 5.74) is 10.5. The van der Waals surface area contributed by atoms with Crippen molar-refractivity contribution in [2.24, 2.45) is 11.1 Å². The number of hydrogen-bond donors (Lipinski definition) is 1. The molecule has 0 bridgehead atoms. The Kier molecular flexibility index (Phi) is 3.96. The van der Waals surface area contributed by atoms with E-state index in [9.17, 15) is 0 Å². The lowest BCUT2D eigenvalue weighted by Gasteiger charge is -2.38. The van der Waals surface area contributed by atoms with Crippen LogP contribution in [0.25, 0.3) is 0 Å². The van der Waals surface area contributed by atoms with Gasteiger partial charge in [0.25, 0.3) is 0 Å². The lowest BCUT2D eigenvalue weighted by Crippen LogP contribution is -2.42. The van der Waals surface area contributed by atoms with Gasteiger partial charge in [-0.1, -0.05) is 31.5 Å². The minimum absolute atomic E-state index is 0.236. The molecule has 2 nitrogen and oxygen atoms in total. The van der Waals surface area contributed by atoms with Crippen molar-refractivity contribution < 1.29 is 0 Å². The SMILES string of the molecule is CCC(C)(CN)CN1CCCc2cc(C)ccc21. The maximum absolute atomic E-state index is 5.95. The zero-order chi connectivity index (χ0) is 13.2. The predicted molar refractivity (Wildman–Crippen MR) is 79.2 cm³/mol. The van der Waals surface area contributed by atoms with Crippen molar-refractivity contribution in [1.29, 1.82) is 0 Å². The molecular formula is C16H26N2. The van der Waals surface area contributed by atoms with Gasteiger partial charge in [-0.2, -0.15) is 0 Å². The minimum atomic E-state index is 0.236. The van der Waals surface area contributed by atoms with E-state index in [2.05, 4.69) is 43.9 Å². The number of rotatable bonds is 4. The van der Waals surface area contributed by atoms with Crippen molar-refractivity contribution in [2.45, 2.75) is 40.0 Å². The van der Waals surface area contributed by atoms with Crippen LogP contribution in [0.15, 0.2) is 18.2 Å². The Bertz CT molecular complexity index is 408. The third kappa shape index (κ3) is 2.69. The lowest BCUT2D eigenvalue weighted by molar-refractivity contribution is 0.322. The maximum atomic E-state index is 5.95. The molecule has 0 saturated carbocycles. The van der Waals surface area contributed by atoms with Crippen LogP contribution in [0.1, 0.15) is 37.8 Å². The molecule has 1 heterocycles. The molecule has 0 amide bonds. The van der Waals surface area contributed by atoms with Crippen molar-refractivity contribution in [1.82, 2.24) is 0 Å². The average Bonchev–Trinajstić information content (AvgIpc) is 2.38. The van der Waals surface area contributed by atoms with Crippen LogP contribution in [0, 0.1) is 12.3 Å². The summed E-state index contributed by atoms with van der Waals surface area (Å²) < 4.78 is 0. The van der Waals surface area contributed by atoms with Crippen molar-refractivity contribution in [2.75, 3.05) is 24.5 Å². The second-order valence-electron chi connectivity index (χ2n) is 6.03. The van der Waals surface area contributed by atoms with Gasteiger partial charge in [0.1, 0.15) is 0 Å². The summed E-state index contributed by atoms with van der Waals surface area (Å²) in [4.78, 5) is 2.54. The summed E-state index contributed by atoms with van der Waals surface area (Å²) in [6.45, 7) is 9.74. The molecule has 0 spiro atoms. The first-order valence-corrected chi connectivity index (χ1v) is 7.12. The normalized spacial score (nSPS) is 18.3. The summed E-state index contributed by atoms with van der Waals surface area (Å²) in [5.74, 6) is 0. The Morgan fingerprint density at radius 3 is 2.83 bits per heavy atom. The van der Waals surface area contributed by atoms with Gasteiger partial charge in [-0.3, -0.25) is 0 Å². The highest BCUT2D eigenvalue weighted by molar-refractivity contribution is 5.56. The van der Waals surface area contributed by atoms with Crippen LogP contribution in [0.5, 0.6) is 0 Å². The fourth-order valence-electron chi connectivity index (χ4n) is 2.75. The summed E-state index contributed by atoms with van der Waals surface area (Å²) in [7, 11) is 0. The molecule has 2 N–H and O–H groups in total. The number of fused-ring (bicyclic) bond motifs is 1. The van der Waals surface area contributed by atoms with Crippen LogP contribution in [-0.2, 0) is 6.42 Å². The molecule has 100 valence electrons. The molecular weight excluding hydrogens is 220 g/mol. The van der Waals surface area contributed by atoms with Gasteiger partial charge in [0.15, 0.2) is 0 Å². The van der Waals surface area contributed by atoms with Crippen LogP contribution in [0.2, 0.25) is 0 Å². The monoisotopic (exact) mass is 246 g/mol. The fourth-order valence-corrected chi connectivity index (χ4v) is 2.75. The van der Waals surface area contributed by atoms with Gasteiger partial charge in [-0.15, -0.1) is 0 Å². The molecule has 18 heavy (non-hydrogen) atoms. The first-order valence-electron chi connectivity index (χ1n) is 7.12. The summed E-state index contributed by atoms with van der Waals surface area (Å²) in [5, 5.41) is 0. The van der Waals surface area contributed by atoms with Crippen LogP contribution in [0.4, 0.5) is 5.69 Å². The number of anilines is 1. The largest absolute Gasteiger partial charge is 0.371 e. The van der Waals surface area contributed by atoms with Crippen LogP contribution < -0.4 is 10.6 Å². The fraction of sp³-hybridized carbons (Fsp3) is 0.625. The summed E-state index contributed by atoms with van der Waals surface area (Å²) in [6, 6.07) is 6.85. The highest BCUT2D eigenvalue weighted by atomic mass is 15.1. The van der Waals surface area contributed by atoms with Crippen LogP contribution in [0.3, 0.4) is 0 Å². The highest BCUT2D eigenvalue weighted by Crippen LogP contribution is 2.31. The second-order valence-corrected chi connectivity index (χ2v) is 6.03. The number of nitrogens with two attached hydrogens (primary N) is 1. The second kappa shape index (κ2) is 5.31. The number of benzene rings is 1. The van der Waals surface area contributed by atoms with Crippen molar-refractivity contribution in [3.8, 4) is 0 Å². The molecule has 1 atom stereocenters. The van der Waals surface area contributed by atoms with E-state index >= 15 is 0 Å².